The normalized spacial score (nSPS) is 16.6. The second kappa shape index (κ2) is 3.77. The molecular weight excluding hydrogens is 188 g/mol. The predicted molar refractivity (Wildman–Crippen MR) is 46.8 cm³/mol. The molecule has 1 fully saturated rings. The summed E-state index contributed by atoms with van der Waals surface area (Å²) >= 11 is 0. The van der Waals surface area contributed by atoms with E-state index < -0.39 is 4.92 Å². The molecule has 0 radical (unpaired) electrons. The first-order valence-electron chi connectivity index (χ1n) is 4.31. The molecule has 1 aliphatic rings. The van der Waals surface area contributed by atoms with Gasteiger partial charge in [-0.25, -0.2) is 0 Å². The van der Waals surface area contributed by atoms with E-state index in [-0.39, 0.29) is 12.0 Å². The zero-order valence-corrected chi connectivity index (χ0v) is 7.43. The lowest BCUT2D eigenvalue weighted by Crippen LogP contribution is -2.48. The molecule has 0 spiro atoms. The molecule has 0 saturated carbocycles. The maximum Gasteiger partial charge on any atom is 0.433 e. The molecule has 1 N–H and O–H groups in total. The Morgan fingerprint density at radius 3 is 2.93 bits per heavy atom. The first-order valence-corrected chi connectivity index (χ1v) is 4.31. The van der Waals surface area contributed by atoms with Gasteiger partial charge >= 0.3 is 5.88 Å². The monoisotopic (exact) mass is 198 g/mol. The average molecular weight is 198 g/mol. The molecule has 0 aromatic carbocycles. The van der Waals surface area contributed by atoms with Gasteiger partial charge in [-0.15, -0.1) is 0 Å². The molecule has 1 saturated heterocycles. The molecule has 1 aromatic rings. The van der Waals surface area contributed by atoms with Crippen molar-refractivity contribution in [2.24, 2.45) is 0 Å². The van der Waals surface area contributed by atoms with E-state index in [0.29, 0.717) is 12.4 Å². The number of nitro groups is 1. The fraction of sp³-hybridized carbons (Fsp3) is 0.500. The summed E-state index contributed by atoms with van der Waals surface area (Å²) in [5.74, 6) is 0.249. The topological polar surface area (TPSA) is 77.5 Å². The Balaban J connectivity index is 1.86. The first kappa shape index (κ1) is 9.17. The number of ether oxygens (including phenoxy) is 1. The summed E-state index contributed by atoms with van der Waals surface area (Å²) in [6, 6.07) is 2.89. The van der Waals surface area contributed by atoms with Crippen molar-refractivity contribution < 1.29 is 14.1 Å². The van der Waals surface area contributed by atoms with Gasteiger partial charge < -0.3 is 14.5 Å². The van der Waals surface area contributed by atoms with Gasteiger partial charge in [-0.05, 0) is 6.07 Å². The van der Waals surface area contributed by atoms with Gasteiger partial charge in [0.15, 0.2) is 0 Å². The SMILES string of the molecule is O=[N+]([O-])c1ccc(COC2CNC2)o1. The maximum absolute atomic E-state index is 10.3. The highest BCUT2D eigenvalue weighted by Crippen LogP contribution is 2.16. The molecule has 6 heteroatoms. The number of rotatable bonds is 4. The lowest BCUT2D eigenvalue weighted by Gasteiger charge is -2.26. The molecule has 0 unspecified atom stereocenters. The van der Waals surface area contributed by atoms with Gasteiger partial charge in [0, 0.05) is 13.1 Å². The van der Waals surface area contributed by atoms with Gasteiger partial charge in [0.05, 0.1) is 12.2 Å². The first-order chi connectivity index (χ1) is 6.75. The minimum Gasteiger partial charge on any atom is -0.403 e. The lowest BCUT2D eigenvalue weighted by molar-refractivity contribution is -0.402. The standard InChI is InChI=1S/C8H10N2O4/c11-10(12)8-2-1-6(14-8)5-13-7-3-9-4-7/h1-2,7,9H,3-5H2. The van der Waals surface area contributed by atoms with E-state index in [2.05, 4.69) is 5.32 Å². The number of hydrogen-bond acceptors (Lipinski definition) is 5. The highest BCUT2D eigenvalue weighted by molar-refractivity contribution is 5.17. The van der Waals surface area contributed by atoms with Crippen LogP contribution >= 0.6 is 0 Å². The minimum atomic E-state index is -0.561. The zero-order valence-electron chi connectivity index (χ0n) is 7.43. The highest BCUT2D eigenvalue weighted by atomic mass is 16.6. The minimum absolute atomic E-state index is 0.208. The summed E-state index contributed by atoms with van der Waals surface area (Å²) in [5.41, 5.74) is 0. The summed E-state index contributed by atoms with van der Waals surface area (Å²) < 4.78 is 10.3. The molecule has 0 bridgehead atoms. The molecule has 0 aliphatic carbocycles. The van der Waals surface area contributed by atoms with Crippen LogP contribution in [0.4, 0.5) is 5.88 Å². The van der Waals surface area contributed by atoms with Crippen LogP contribution in [-0.2, 0) is 11.3 Å². The number of nitrogens with one attached hydrogen (secondary N) is 1. The third kappa shape index (κ3) is 1.91. The van der Waals surface area contributed by atoms with E-state index in [1.807, 2.05) is 0 Å². The van der Waals surface area contributed by atoms with Crippen LogP contribution in [0.3, 0.4) is 0 Å². The van der Waals surface area contributed by atoms with Gasteiger partial charge in [0.1, 0.15) is 17.3 Å². The Kier molecular flexibility index (Phi) is 2.47. The van der Waals surface area contributed by atoms with Crippen LogP contribution in [0.2, 0.25) is 0 Å². The van der Waals surface area contributed by atoms with Crippen LogP contribution in [0.1, 0.15) is 5.76 Å². The summed E-state index contributed by atoms with van der Waals surface area (Å²) in [7, 11) is 0. The van der Waals surface area contributed by atoms with Crippen LogP contribution < -0.4 is 5.32 Å². The van der Waals surface area contributed by atoms with Crippen LogP contribution in [0.15, 0.2) is 16.5 Å². The number of furan rings is 1. The van der Waals surface area contributed by atoms with Crippen LogP contribution in [0, 0.1) is 10.1 Å². The Bertz CT molecular complexity index is 332. The van der Waals surface area contributed by atoms with Crippen molar-refractivity contribution in [3.63, 3.8) is 0 Å². The molecule has 1 aliphatic heterocycles. The van der Waals surface area contributed by atoms with E-state index in [4.69, 9.17) is 9.15 Å². The molecule has 6 nitrogen and oxygen atoms in total. The molecule has 2 heterocycles. The molecule has 0 atom stereocenters. The Morgan fingerprint density at radius 1 is 1.64 bits per heavy atom. The number of hydrogen-bond donors (Lipinski definition) is 1. The molecule has 76 valence electrons. The predicted octanol–water partition coefficient (Wildman–Crippen LogP) is 0.676. The zero-order chi connectivity index (χ0) is 9.97. The van der Waals surface area contributed by atoms with Gasteiger partial charge in [0.2, 0.25) is 0 Å². The van der Waals surface area contributed by atoms with E-state index >= 15 is 0 Å². The van der Waals surface area contributed by atoms with Crippen molar-refractivity contribution in [3.05, 3.63) is 28.0 Å². The highest BCUT2D eigenvalue weighted by Gasteiger charge is 2.18. The van der Waals surface area contributed by atoms with E-state index in [9.17, 15) is 10.1 Å². The van der Waals surface area contributed by atoms with Crippen molar-refractivity contribution >= 4 is 5.88 Å². The fourth-order valence-electron chi connectivity index (χ4n) is 1.12. The Hall–Kier alpha value is -1.40. The molecule has 2 rings (SSSR count). The summed E-state index contributed by atoms with van der Waals surface area (Å²) in [6.07, 6.45) is 0.208. The van der Waals surface area contributed by atoms with E-state index in [1.54, 1.807) is 6.07 Å². The van der Waals surface area contributed by atoms with E-state index in [0.717, 1.165) is 13.1 Å². The Morgan fingerprint density at radius 2 is 2.43 bits per heavy atom. The summed E-state index contributed by atoms with van der Waals surface area (Å²) in [5, 5.41) is 13.3. The van der Waals surface area contributed by atoms with Gasteiger partial charge in [-0.1, -0.05) is 0 Å². The third-order valence-corrected chi connectivity index (χ3v) is 2.03. The smallest absolute Gasteiger partial charge is 0.403 e. The van der Waals surface area contributed by atoms with Crippen molar-refractivity contribution in [2.45, 2.75) is 12.7 Å². The van der Waals surface area contributed by atoms with Gasteiger partial charge in [-0.3, -0.25) is 10.1 Å². The molecule has 1 aromatic heterocycles. The Labute approximate surface area is 80.0 Å². The lowest BCUT2D eigenvalue weighted by atomic mass is 10.2. The van der Waals surface area contributed by atoms with Crippen LogP contribution in [0.25, 0.3) is 0 Å². The largest absolute Gasteiger partial charge is 0.433 e. The number of nitrogens with zero attached hydrogens (tertiary/aromatic N) is 1. The van der Waals surface area contributed by atoms with E-state index in [1.165, 1.54) is 6.07 Å². The van der Waals surface area contributed by atoms with Crippen molar-refractivity contribution in [3.8, 4) is 0 Å². The summed E-state index contributed by atoms with van der Waals surface area (Å²) in [4.78, 5) is 9.72. The summed E-state index contributed by atoms with van der Waals surface area (Å²) in [6.45, 7) is 1.96. The quantitative estimate of drug-likeness (QED) is 0.568. The van der Waals surface area contributed by atoms with Crippen molar-refractivity contribution in [2.75, 3.05) is 13.1 Å². The van der Waals surface area contributed by atoms with Crippen molar-refractivity contribution in [1.29, 1.82) is 0 Å². The average Bonchev–Trinajstić information content (AvgIpc) is 2.50. The molecule has 14 heavy (non-hydrogen) atoms. The maximum atomic E-state index is 10.3. The molecule has 0 amide bonds. The van der Waals surface area contributed by atoms with Gasteiger partial charge in [-0.2, -0.15) is 0 Å². The second-order valence-electron chi connectivity index (χ2n) is 3.09. The fourth-order valence-corrected chi connectivity index (χ4v) is 1.12. The molecular formula is C8H10N2O4. The van der Waals surface area contributed by atoms with Crippen LogP contribution in [-0.4, -0.2) is 24.1 Å². The van der Waals surface area contributed by atoms with Crippen LogP contribution in [0.5, 0.6) is 0 Å². The van der Waals surface area contributed by atoms with Crippen molar-refractivity contribution in [1.82, 2.24) is 5.32 Å². The van der Waals surface area contributed by atoms with Gasteiger partial charge in [0.25, 0.3) is 0 Å². The second-order valence-corrected chi connectivity index (χ2v) is 3.09. The third-order valence-electron chi connectivity index (χ3n) is 2.03.